The first-order valence-corrected chi connectivity index (χ1v) is 9.52. The number of carbonyl (C=O) groups excluding carboxylic acids is 3. The summed E-state index contributed by atoms with van der Waals surface area (Å²) in [6.45, 7) is 1.82. The molecule has 0 spiro atoms. The van der Waals surface area contributed by atoms with Gasteiger partial charge in [0.15, 0.2) is 0 Å². The molecule has 3 aliphatic heterocycles. The van der Waals surface area contributed by atoms with Crippen LogP contribution in [0.2, 0.25) is 0 Å². The summed E-state index contributed by atoms with van der Waals surface area (Å²) < 4.78 is 0. The molecule has 6 heteroatoms. The molecule has 3 saturated heterocycles. The summed E-state index contributed by atoms with van der Waals surface area (Å²) in [7, 11) is 0. The highest BCUT2D eigenvalue weighted by Crippen LogP contribution is 2.29. The van der Waals surface area contributed by atoms with E-state index in [1.54, 1.807) is 14.7 Å². The number of carbonyl (C=O) groups is 3. The predicted molar refractivity (Wildman–Crippen MR) is 100 cm³/mol. The van der Waals surface area contributed by atoms with Gasteiger partial charge >= 0.3 is 0 Å². The van der Waals surface area contributed by atoms with E-state index in [9.17, 15) is 14.4 Å². The maximum Gasteiger partial charge on any atom is 0.254 e. The smallest absolute Gasteiger partial charge is 0.254 e. The SMILES string of the molecule is O=C(c1ccc2ccccc2c1)N1CCN2C(=O)[C@H]3CCCN3C(=O)[C@H]2C1. The molecule has 0 aliphatic carbocycles. The topological polar surface area (TPSA) is 60.9 Å². The van der Waals surface area contributed by atoms with E-state index in [1.807, 2.05) is 42.5 Å². The van der Waals surface area contributed by atoms with E-state index in [0.717, 1.165) is 23.6 Å². The Kier molecular flexibility index (Phi) is 3.67. The molecule has 0 unspecified atom stereocenters. The predicted octanol–water partition coefficient (Wildman–Crippen LogP) is 1.50. The van der Waals surface area contributed by atoms with Crippen molar-refractivity contribution in [2.45, 2.75) is 24.9 Å². The van der Waals surface area contributed by atoms with Gasteiger partial charge in [-0.25, -0.2) is 0 Å². The minimum atomic E-state index is -0.537. The van der Waals surface area contributed by atoms with E-state index in [-0.39, 0.29) is 30.3 Å². The molecule has 3 aliphatic rings. The summed E-state index contributed by atoms with van der Waals surface area (Å²) in [5, 5.41) is 2.11. The minimum Gasteiger partial charge on any atom is -0.334 e. The number of fused-ring (bicyclic) bond motifs is 3. The molecule has 3 heterocycles. The highest BCUT2D eigenvalue weighted by Gasteiger charge is 2.49. The zero-order valence-corrected chi connectivity index (χ0v) is 15.0. The van der Waals surface area contributed by atoms with Crippen molar-refractivity contribution in [2.75, 3.05) is 26.2 Å². The zero-order valence-electron chi connectivity index (χ0n) is 15.0. The van der Waals surface area contributed by atoms with Crippen LogP contribution in [0.1, 0.15) is 23.2 Å². The third kappa shape index (κ3) is 2.51. The molecule has 27 heavy (non-hydrogen) atoms. The number of benzene rings is 2. The van der Waals surface area contributed by atoms with Gasteiger partial charge < -0.3 is 14.7 Å². The Labute approximate surface area is 157 Å². The van der Waals surface area contributed by atoms with Crippen molar-refractivity contribution >= 4 is 28.5 Å². The van der Waals surface area contributed by atoms with Crippen molar-refractivity contribution in [3.8, 4) is 0 Å². The van der Waals surface area contributed by atoms with E-state index in [4.69, 9.17) is 0 Å². The summed E-state index contributed by atoms with van der Waals surface area (Å²) >= 11 is 0. The Morgan fingerprint density at radius 1 is 0.852 bits per heavy atom. The van der Waals surface area contributed by atoms with Crippen molar-refractivity contribution < 1.29 is 14.4 Å². The second kappa shape index (κ2) is 6.08. The van der Waals surface area contributed by atoms with Gasteiger partial charge in [-0.3, -0.25) is 14.4 Å². The lowest BCUT2D eigenvalue weighted by molar-refractivity contribution is -0.162. The Balaban J connectivity index is 1.39. The first kappa shape index (κ1) is 16.3. The average molecular weight is 363 g/mol. The normalized spacial score (nSPS) is 25.0. The number of rotatable bonds is 1. The Bertz CT molecular complexity index is 957. The molecule has 3 fully saturated rings. The molecule has 5 rings (SSSR count). The van der Waals surface area contributed by atoms with Gasteiger partial charge in [0.1, 0.15) is 12.1 Å². The molecular weight excluding hydrogens is 342 g/mol. The van der Waals surface area contributed by atoms with Crippen LogP contribution < -0.4 is 0 Å². The first-order valence-electron chi connectivity index (χ1n) is 9.52. The monoisotopic (exact) mass is 363 g/mol. The number of hydrogen-bond acceptors (Lipinski definition) is 3. The van der Waals surface area contributed by atoms with Crippen LogP contribution in [0, 0.1) is 0 Å². The molecule has 2 atom stereocenters. The number of nitrogens with zero attached hydrogens (tertiary/aromatic N) is 3. The van der Waals surface area contributed by atoms with Crippen LogP contribution in [-0.4, -0.2) is 70.7 Å². The molecular formula is C21H21N3O3. The van der Waals surface area contributed by atoms with Crippen LogP contribution in [0.15, 0.2) is 42.5 Å². The maximum atomic E-state index is 13.0. The molecule has 0 saturated carbocycles. The lowest BCUT2D eigenvalue weighted by Gasteiger charge is -2.47. The van der Waals surface area contributed by atoms with Gasteiger partial charge in [0.25, 0.3) is 5.91 Å². The fraction of sp³-hybridized carbons (Fsp3) is 0.381. The fourth-order valence-corrected chi connectivity index (χ4v) is 4.62. The van der Waals surface area contributed by atoms with Gasteiger partial charge in [-0.1, -0.05) is 30.3 Å². The van der Waals surface area contributed by atoms with Crippen molar-refractivity contribution in [1.29, 1.82) is 0 Å². The minimum absolute atomic E-state index is 0.00638. The third-order valence-electron chi connectivity index (χ3n) is 6.05. The van der Waals surface area contributed by atoms with Crippen LogP contribution in [0.25, 0.3) is 10.8 Å². The van der Waals surface area contributed by atoms with Crippen molar-refractivity contribution in [2.24, 2.45) is 0 Å². The lowest BCUT2D eigenvalue weighted by atomic mass is 10.0. The molecule has 6 nitrogen and oxygen atoms in total. The second-order valence-corrected chi connectivity index (χ2v) is 7.55. The van der Waals surface area contributed by atoms with Crippen LogP contribution in [0.4, 0.5) is 0 Å². The standard InChI is InChI=1S/C21H21N3O3/c25-19(16-8-7-14-4-1-2-5-15(14)12-16)22-10-11-24-18(13-22)21(27)23-9-3-6-17(23)20(24)26/h1-2,4-5,7-8,12,17-18H,3,6,9-11,13H2/t17-,18-/m1/s1. The van der Waals surface area contributed by atoms with Gasteiger partial charge in [-0.15, -0.1) is 0 Å². The molecule has 2 aromatic rings. The highest BCUT2D eigenvalue weighted by atomic mass is 16.2. The molecule has 2 aromatic carbocycles. The third-order valence-corrected chi connectivity index (χ3v) is 6.05. The molecule has 0 bridgehead atoms. The lowest BCUT2D eigenvalue weighted by Crippen LogP contribution is -2.69. The molecule has 0 radical (unpaired) electrons. The molecule has 0 N–H and O–H groups in total. The molecule has 0 aromatic heterocycles. The number of amides is 3. The number of hydrogen-bond donors (Lipinski definition) is 0. The zero-order chi connectivity index (χ0) is 18.5. The van der Waals surface area contributed by atoms with Crippen LogP contribution in [0.3, 0.4) is 0 Å². The largest absolute Gasteiger partial charge is 0.334 e. The van der Waals surface area contributed by atoms with Crippen molar-refractivity contribution in [3.63, 3.8) is 0 Å². The molecule has 138 valence electrons. The van der Waals surface area contributed by atoms with E-state index in [0.29, 0.717) is 25.2 Å². The quantitative estimate of drug-likeness (QED) is 0.771. The van der Waals surface area contributed by atoms with Crippen LogP contribution in [0.5, 0.6) is 0 Å². The van der Waals surface area contributed by atoms with E-state index < -0.39 is 6.04 Å². The van der Waals surface area contributed by atoms with Crippen LogP contribution >= 0.6 is 0 Å². The first-order chi connectivity index (χ1) is 13.1. The summed E-state index contributed by atoms with van der Waals surface area (Å²) in [4.78, 5) is 43.7. The Morgan fingerprint density at radius 2 is 1.59 bits per heavy atom. The van der Waals surface area contributed by atoms with Gasteiger partial charge in [0.2, 0.25) is 11.8 Å². The summed E-state index contributed by atoms with van der Waals surface area (Å²) in [6, 6.07) is 12.8. The van der Waals surface area contributed by atoms with Gasteiger partial charge in [0.05, 0.1) is 6.54 Å². The summed E-state index contributed by atoms with van der Waals surface area (Å²) in [5.41, 5.74) is 0.621. The summed E-state index contributed by atoms with van der Waals surface area (Å²) in [6.07, 6.45) is 1.63. The van der Waals surface area contributed by atoms with Gasteiger partial charge in [-0.05, 0) is 35.7 Å². The van der Waals surface area contributed by atoms with E-state index in [1.165, 1.54) is 0 Å². The van der Waals surface area contributed by atoms with Crippen LogP contribution in [-0.2, 0) is 9.59 Å². The van der Waals surface area contributed by atoms with E-state index in [2.05, 4.69) is 0 Å². The Morgan fingerprint density at radius 3 is 2.44 bits per heavy atom. The average Bonchev–Trinajstić information content (AvgIpc) is 3.21. The van der Waals surface area contributed by atoms with Crippen molar-refractivity contribution in [3.05, 3.63) is 48.0 Å². The summed E-state index contributed by atoms with van der Waals surface area (Å²) in [5.74, 6) is -0.0350. The second-order valence-electron chi connectivity index (χ2n) is 7.55. The van der Waals surface area contributed by atoms with Gasteiger partial charge in [0, 0.05) is 25.2 Å². The number of piperazine rings is 2. The Hall–Kier alpha value is -2.89. The molecule has 3 amide bonds. The van der Waals surface area contributed by atoms with Crippen molar-refractivity contribution in [1.82, 2.24) is 14.7 Å². The van der Waals surface area contributed by atoms with E-state index >= 15 is 0 Å². The van der Waals surface area contributed by atoms with Gasteiger partial charge in [-0.2, -0.15) is 0 Å². The highest BCUT2D eigenvalue weighted by molar-refractivity contribution is 6.01. The fourth-order valence-electron chi connectivity index (χ4n) is 4.62. The maximum absolute atomic E-state index is 13.0.